The lowest BCUT2D eigenvalue weighted by molar-refractivity contribution is -0.120. The lowest BCUT2D eigenvalue weighted by atomic mass is 9.90. The molecule has 1 fully saturated rings. The van der Waals surface area contributed by atoms with Gasteiger partial charge in [-0.2, -0.15) is 4.31 Å². The van der Waals surface area contributed by atoms with E-state index in [0.29, 0.717) is 29.5 Å². The molecule has 9 heteroatoms. The quantitative estimate of drug-likeness (QED) is 0.494. The van der Waals surface area contributed by atoms with Crippen LogP contribution in [0.1, 0.15) is 36.8 Å². The molecular weight excluding hydrogens is 490 g/mol. The molecule has 1 saturated heterocycles. The second kappa shape index (κ2) is 9.77. The van der Waals surface area contributed by atoms with E-state index in [2.05, 4.69) is 28.5 Å². The lowest BCUT2D eigenvalue weighted by Gasteiger charge is -2.31. The normalized spacial score (nSPS) is 18.9. The number of sulfonamides is 1. The van der Waals surface area contributed by atoms with Gasteiger partial charge < -0.3 is 5.32 Å². The van der Waals surface area contributed by atoms with E-state index >= 15 is 0 Å². The summed E-state index contributed by atoms with van der Waals surface area (Å²) in [7, 11) is -3.68. The van der Waals surface area contributed by atoms with Gasteiger partial charge in [-0.3, -0.25) is 4.79 Å². The molecule has 1 aliphatic carbocycles. The number of carbonyl (C=O) groups is 1. The third-order valence-electron chi connectivity index (χ3n) is 6.58. The van der Waals surface area contributed by atoms with E-state index in [4.69, 9.17) is 11.6 Å². The van der Waals surface area contributed by atoms with Crippen LogP contribution in [0.5, 0.6) is 0 Å². The number of fused-ring (bicyclic) bond motifs is 1. The molecule has 2 heterocycles. The first-order valence-electron chi connectivity index (χ1n) is 11.5. The molecule has 0 saturated carbocycles. The summed E-state index contributed by atoms with van der Waals surface area (Å²) in [6.07, 6.45) is 5.98. The number of nitrogens with one attached hydrogen (secondary N) is 1. The predicted octanol–water partition coefficient (Wildman–Crippen LogP) is 5.38. The van der Waals surface area contributed by atoms with Crippen LogP contribution in [0.4, 0.5) is 5.13 Å². The van der Waals surface area contributed by atoms with Crippen molar-refractivity contribution in [2.24, 2.45) is 5.92 Å². The fourth-order valence-corrected chi connectivity index (χ4v) is 7.07. The molecule has 3 aromatic rings. The molecule has 0 radical (unpaired) electrons. The van der Waals surface area contributed by atoms with Gasteiger partial charge in [-0.1, -0.05) is 23.7 Å². The number of hydrogen-bond donors (Lipinski definition) is 1. The molecule has 1 N–H and O–H groups in total. The average Bonchev–Trinajstić information content (AvgIpc) is 3.32. The highest BCUT2D eigenvalue weighted by atomic mass is 35.5. The number of halogens is 1. The standard InChI is InChI=1S/C25H26ClN3O3S2/c26-21-9-11-22(12-10-21)34(31,32)29-13-3-6-20(15-29)24(30)28-25-27-23(16-33-25)19-8-7-17-4-1-2-5-18(17)14-19/h7-12,14,16,20H,1-6,13,15H2,(H,27,28,30). The maximum Gasteiger partial charge on any atom is 0.243 e. The van der Waals surface area contributed by atoms with Crippen molar-refractivity contribution in [3.8, 4) is 11.3 Å². The summed E-state index contributed by atoms with van der Waals surface area (Å²) in [6.45, 7) is 0.550. The molecular formula is C25H26ClN3O3S2. The first-order valence-corrected chi connectivity index (χ1v) is 14.2. The molecule has 5 rings (SSSR count). The van der Waals surface area contributed by atoms with Gasteiger partial charge in [-0.05, 0) is 80.0 Å². The highest BCUT2D eigenvalue weighted by Gasteiger charge is 2.33. The summed E-state index contributed by atoms with van der Waals surface area (Å²) in [6, 6.07) is 12.6. The smallest absolute Gasteiger partial charge is 0.243 e. The minimum atomic E-state index is -3.68. The van der Waals surface area contributed by atoms with Crippen molar-refractivity contribution < 1.29 is 13.2 Å². The molecule has 2 aromatic carbocycles. The summed E-state index contributed by atoms with van der Waals surface area (Å²) in [5, 5.41) is 5.89. The topological polar surface area (TPSA) is 79.4 Å². The van der Waals surface area contributed by atoms with Crippen molar-refractivity contribution in [3.63, 3.8) is 0 Å². The number of carbonyl (C=O) groups excluding carboxylic acids is 1. The number of aromatic nitrogens is 1. The van der Waals surface area contributed by atoms with E-state index in [9.17, 15) is 13.2 Å². The Balaban J connectivity index is 1.26. The molecule has 0 spiro atoms. The average molecular weight is 516 g/mol. The lowest BCUT2D eigenvalue weighted by Crippen LogP contribution is -2.43. The Morgan fingerprint density at radius 2 is 1.82 bits per heavy atom. The Morgan fingerprint density at radius 3 is 2.62 bits per heavy atom. The number of nitrogens with zero attached hydrogens (tertiary/aromatic N) is 2. The zero-order chi connectivity index (χ0) is 23.7. The monoisotopic (exact) mass is 515 g/mol. The zero-order valence-corrected chi connectivity index (χ0v) is 21.1. The third kappa shape index (κ3) is 4.91. The van der Waals surface area contributed by atoms with Gasteiger partial charge in [0.1, 0.15) is 0 Å². The largest absolute Gasteiger partial charge is 0.302 e. The molecule has 1 aromatic heterocycles. The number of benzene rings is 2. The number of rotatable bonds is 5. The number of anilines is 1. The van der Waals surface area contributed by atoms with E-state index < -0.39 is 15.9 Å². The zero-order valence-electron chi connectivity index (χ0n) is 18.7. The van der Waals surface area contributed by atoms with Gasteiger partial charge in [0.15, 0.2) is 5.13 Å². The second-order valence-corrected chi connectivity index (χ2v) is 12.1. The van der Waals surface area contributed by atoms with Crippen molar-refractivity contribution >= 4 is 44.0 Å². The van der Waals surface area contributed by atoms with E-state index in [1.165, 1.54) is 51.7 Å². The summed E-state index contributed by atoms with van der Waals surface area (Å²) in [5.74, 6) is -0.616. The first-order chi connectivity index (χ1) is 16.4. The van der Waals surface area contributed by atoms with Crippen molar-refractivity contribution in [3.05, 3.63) is 64.0 Å². The minimum Gasteiger partial charge on any atom is -0.302 e. The molecule has 34 heavy (non-hydrogen) atoms. The maximum absolute atomic E-state index is 13.0. The Hall–Kier alpha value is -2.26. The SMILES string of the molecule is O=C(Nc1nc(-c2ccc3c(c2)CCCC3)cs1)C1CCCN(S(=O)(=O)c2ccc(Cl)cc2)C1. The van der Waals surface area contributed by atoms with Crippen LogP contribution < -0.4 is 5.32 Å². The van der Waals surface area contributed by atoms with Crippen molar-refractivity contribution in [2.45, 2.75) is 43.4 Å². The molecule has 178 valence electrons. The van der Waals surface area contributed by atoms with E-state index in [0.717, 1.165) is 24.1 Å². The van der Waals surface area contributed by atoms with Crippen LogP contribution in [0.2, 0.25) is 5.02 Å². The van der Waals surface area contributed by atoms with Crippen LogP contribution in [0, 0.1) is 5.92 Å². The van der Waals surface area contributed by atoms with Gasteiger partial charge in [0.2, 0.25) is 15.9 Å². The van der Waals surface area contributed by atoms with Crippen LogP contribution in [0.15, 0.2) is 52.7 Å². The highest BCUT2D eigenvalue weighted by Crippen LogP contribution is 2.31. The van der Waals surface area contributed by atoms with E-state index in [1.807, 2.05) is 5.38 Å². The Labute approximate surface area is 209 Å². The summed E-state index contributed by atoms with van der Waals surface area (Å²) >= 11 is 7.29. The Bertz CT molecular complexity index is 1310. The minimum absolute atomic E-state index is 0.153. The number of amides is 1. The van der Waals surface area contributed by atoms with Crippen LogP contribution in [0.25, 0.3) is 11.3 Å². The second-order valence-electron chi connectivity index (χ2n) is 8.87. The number of piperidine rings is 1. The van der Waals surface area contributed by atoms with Crippen LogP contribution in [-0.2, 0) is 27.7 Å². The van der Waals surface area contributed by atoms with Gasteiger partial charge in [-0.15, -0.1) is 11.3 Å². The number of aryl methyl sites for hydroxylation is 2. The maximum atomic E-state index is 13.0. The number of thiazole rings is 1. The Morgan fingerprint density at radius 1 is 1.06 bits per heavy atom. The van der Waals surface area contributed by atoms with E-state index in [-0.39, 0.29) is 17.3 Å². The first kappa shape index (κ1) is 23.5. The van der Waals surface area contributed by atoms with Gasteiger partial charge >= 0.3 is 0 Å². The molecule has 6 nitrogen and oxygen atoms in total. The molecule has 1 atom stereocenters. The molecule has 0 bridgehead atoms. The summed E-state index contributed by atoms with van der Waals surface area (Å²) in [4.78, 5) is 17.8. The highest BCUT2D eigenvalue weighted by molar-refractivity contribution is 7.89. The Kier molecular flexibility index (Phi) is 6.75. The molecule has 2 aliphatic rings. The van der Waals surface area contributed by atoms with Crippen LogP contribution in [-0.4, -0.2) is 36.7 Å². The fourth-order valence-electron chi connectivity index (χ4n) is 4.69. The van der Waals surface area contributed by atoms with Crippen molar-refractivity contribution in [1.29, 1.82) is 0 Å². The van der Waals surface area contributed by atoms with Crippen LogP contribution in [0.3, 0.4) is 0 Å². The van der Waals surface area contributed by atoms with E-state index in [1.54, 1.807) is 12.1 Å². The molecule has 1 aliphatic heterocycles. The molecule has 1 unspecified atom stereocenters. The van der Waals surface area contributed by atoms with Gasteiger partial charge in [-0.25, -0.2) is 13.4 Å². The van der Waals surface area contributed by atoms with Crippen LogP contribution >= 0.6 is 22.9 Å². The summed E-state index contributed by atoms with van der Waals surface area (Å²) < 4.78 is 27.4. The van der Waals surface area contributed by atoms with Gasteiger partial charge in [0, 0.05) is 29.1 Å². The summed E-state index contributed by atoms with van der Waals surface area (Å²) in [5.41, 5.74) is 4.74. The van der Waals surface area contributed by atoms with Gasteiger partial charge in [0.25, 0.3) is 0 Å². The van der Waals surface area contributed by atoms with Crippen molar-refractivity contribution in [2.75, 3.05) is 18.4 Å². The predicted molar refractivity (Wildman–Crippen MR) is 136 cm³/mol. The number of hydrogen-bond acceptors (Lipinski definition) is 5. The third-order valence-corrected chi connectivity index (χ3v) is 9.47. The fraction of sp³-hybridized carbons (Fsp3) is 0.360. The van der Waals surface area contributed by atoms with Crippen molar-refractivity contribution in [1.82, 2.24) is 9.29 Å². The van der Waals surface area contributed by atoms with Gasteiger partial charge in [0.05, 0.1) is 16.5 Å². The molecule has 1 amide bonds.